The third-order valence-electron chi connectivity index (χ3n) is 5.79. The van der Waals surface area contributed by atoms with E-state index < -0.39 is 0 Å². The average molecular weight is 479 g/mol. The van der Waals surface area contributed by atoms with Gasteiger partial charge in [0, 0.05) is 28.6 Å². The number of anilines is 3. The number of nitrogens with two attached hydrogens (primary N) is 1. The van der Waals surface area contributed by atoms with Crippen LogP contribution in [0.4, 0.5) is 21.5 Å². The van der Waals surface area contributed by atoms with Crippen LogP contribution in [0.2, 0.25) is 5.02 Å². The molecule has 174 valence electrons. The van der Waals surface area contributed by atoms with E-state index in [9.17, 15) is 4.39 Å². The maximum absolute atomic E-state index is 13.4. The van der Waals surface area contributed by atoms with E-state index in [2.05, 4.69) is 22.1 Å². The molecule has 3 N–H and O–H groups in total. The van der Waals surface area contributed by atoms with Crippen LogP contribution in [0.3, 0.4) is 0 Å². The average Bonchev–Trinajstić information content (AvgIpc) is 3.18. The summed E-state index contributed by atoms with van der Waals surface area (Å²) in [5, 5.41) is 4.79. The second kappa shape index (κ2) is 9.37. The van der Waals surface area contributed by atoms with Crippen LogP contribution in [0, 0.1) is 5.82 Å². The molecular weight excluding hydrogens is 455 g/mol. The number of nitrogens with zero attached hydrogens (tertiary/aromatic N) is 2. The Morgan fingerprint density at radius 3 is 2.88 bits per heavy atom. The van der Waals surface area contributed by atoms with Crippen LogP contribution in [0.15, 0.2) is 72.9 Å². The molecule has 34 heavy (non-hydrogen) atoms. The zero-order chi connectivity index (χ0) is 23.7. The number of fused-ring (bicyclic) bond motifs is 1. The van der Waals surface area contributed by atoms with Crippen molar-refractivity contribution in [3.63, 3.8) is 0 Å². The normalized spacial score (nSPS) is 17.8. The summed E-state index contributed by atoms with van der Waals surface area (Å²) in [6.07, 6.45) is 1.31. The van der Waals surface area contributed by atoms with E-state index in [-0.39, 0.29) is 24.8 Å². The van der Waals surface area contributed by atoms with Gasteiger partial charge >= 0.3 is 0 Å². The fourth-order valence-corrected chi connectivity index (χ4v) is 4.31. The van der Waals surface area contributed by atoms with Crippen molar-refractivity contribution in [2.45, 2.75) is 25.9 Å². The molecule has 2 heterocycles. The van der Waals surface area contributed by atoms with E-state index in [4.69, 9.17) is 26.8 Å². The van der Waals surface area contributed by atoms with Crippen molar-refractivity contribution in [3.05, 3.63) is 89.3 Å². The van der Waals surface area contributed by atoms with Crippen molar-refractivity contribution in [1.82, 2.24) is 4.98 Å². The van der Waals surface area contributed by atoms with Gasteiger partial charge in [-0.1, -0.05) is 23.7 Å². The number of benzene rings is 3. The molecule has 0 spiro atoms. The predicted molar refractivity (Wildman–Crippen MR) is 134 cm³/mol. The summed E-state index contributed by atoms with van der Waals surface area (Å²) in [4.78, 5) is 6.48. The molecule has 1 fully saturated rings. The summed E-state index contributed by atoms with van der Waals surface area (Å²) in [5.41, 5.74) is 10.1. The van der Waals surface area contributed by atoms with Crippen LogP contribution in [-0.2, 0) is 11.3 Å². The van der Waals surface area contributed by atoms with Crippen molar-refractivity contribution in [2.24, 2.45) is 0 Å². The van der Waals surface area contributed by atoms with E-state index in [0.717, 1.165) is 27.8 Å². The van der Waals surface area contributed by atoms with Crippen LogP contribution < -0.4 is 20.7 Å². The monoisotopic (exact) mass is 478 g/mol. The van der Waals surface area contributed by atoms with Crippen molar-refractivity contribution in [3.8, 4) is 5.75 Å². The Morgan fingerprint density at radius 2 is 2.06 bits per heavy atom. The van der Waals surface area contributed by atoms with Gasteiger partial charge in [-0.05, 0) is 67.1 Å². The molecule has 1 aliphatic heterocycles. The molecular formula is C26H24ClFN4O2. The van der Waals surface area contributed by atoms with Crippen LogP contribution in [0.1, 0.15) is 12.5 Å². The Hall–Kier alpha value is -3.55. The summed E-state index contributed by atoms with van der Waals surface area (Å²) in [7, 11) is 0. The second-order valence-corrected chi connectivity index (χ2v) is 8.66. The maximum Gasteiger partial charge on any atom is 0.208 e. The van der Waals surface area contributed by atoms with E-state index in [1.54, 1.807) is 24.4 Å². The molecule has 2 unspecified atom stereocenters. The molecule has 4 aromatic rings. The molecule has 1 saturated heterocycles. The van der Waals surface area contributed by atoms with Crippen molar-refractivity contribution in [1.29, 1.82) is 0 Å². The number of nitrogens with one attached hydrogen (secondary N) is 1. The highest BCUT2D eigenvalue weighted by molar-refractivity contribution is 6.32. The number of halogens is 2. The fraction of sp³-hybridized carbons (Fsp3) is 0.192. The molecule has 8 heteroatoms. The first-order chi connectivity index (χ1) is 16.5. The third-order valence-corrected chi connectivity index (χ3v) is 6.08. The first-order valence-electron chi connectivity index (χ1n) is 11.0. The number of rotatable bonds is 6. The van der Waals surface area contributed by atoms with E-state index in [1.807, 2.05) is 36.4 Å². The number of pyridine rings is 1. The van der Waals surface area contributed by atoms with Crippen molar-refractivity contribution >= 4 is 39.6 Å². The molecule has 1 aliphatic rings. The Balaban J connectivity index is 1.33. The fourth-order valence-electron chi connectivity index (χ4n) is 4.08. The minimum Gasteiger partial charge on any atom is -0.487 e. The summed E-state index contributed by atoms with van der Waals surface area (Å²) in [6.45, 7) is 2.88. The number of hydrogen-bond donors (Lipinski definition) is 2. The lowest BCUT2D eigenvalue weighted by Crippen LogP contribution is -2.40. The molecule has 0 aliphatic carbocycles. The van der Waals surface area contributed by atoms with Gasteiger partial charge in [0.1, 0.15) is 18.2 Å². The van der Waals surface area contributed by atoms with Crippen molar-refractivity contribution in [2.75, 3.05) is 22.6 Å². The standard InChI is InChI=1S/C26H24ClFN4O2/c1-16-14-34-26(31-19-5-7-24-21(12-19)23(29)9-10-30-24)32(16)20-6-8-25(22(27)13-20)33-15-17-3-2-4-18(28)11-17/h2-13,16,26,31H,14-15H2,1H3,(H2,29,30). The Labute approximate surface area is 202 Å². The summed E-state index contributed by atoms with van der Waals surface area (Å²) >= 11 is 6.54. The minimum atomic E-state index is -0.388. The molecule has 5 rings (SSSR count). The Morgan fingerprint density at radius 1 is 1.18 bits per heavy atom. The van der Waals surface area contributed by atoms with E-state index in [1.165, 1.54) is 12.1 Å². The van der Waals surface area contributed by atoms with E-state index in [0.29, 0.717) is 23.1 Å². The summed E-state index contributed by atoms with van der Waals surface area (Å²) < 4.78 is 25.2. The maximum atomic E-state index is 13.4. The smallest absolute Gasteiger partial charge is 0.208 e. The van der Waals surface area contributed by atoms with Crippen LogP contribution in [0.5, 0.6) is 5.75 Å². The van der Waals surface area contributed by atoms with Gasteiger partial charge in [-0.2, -0.15) is 0 Å². The number of nitrogen functional groups attached to an aromatic ring is 1. The molecule has 6 nitrogen and oxygen atoms in total. The molecule has 2 atom stereocenters. The lowest BCUT2D eigenvalue weighted by atomic mass is 10.1. The Kier molecular flexibility index (Phi) is 6.13. The number of ether oxygens (including phenoxy) is 2. The van der Waals surface area contributed by atoms with Gasteiger partial charge in [0.2, 0.25) is 6.35 Å². The van der Waals surface area contributed by atoms with E-state index >= 15 is 0 Å². The molecule has 0 saturated carbocycles. The highest BCUT2D eigenvalue weighted by atomic mass is 35.5. The lowest BCUT2D eigenvalue weighted by Gasteiger charge is -2.30. The van der Waals surface area contributed by atoms with Crippen molar-refractivity contribution < 1.29 is 13.9 Å². The van der Waals surface area contributed by atoms with Gasteiger partial charge < -0.3 is 25.4 Å². The van der Waals surface area contributed by atoms with Gasteiger partial charge in [-0.3, -0.25) is 4.98 Å². The second-order valence-electron chi connectivity index (χ2n) is 8.25. The van der Waals surface area contributed by atoms with Gasteiger partial charge in [0.15, 0.2) is 0 Å². The van der Waals surface area contributed by atoms with Crippen LogP contribution >= 0.6 is 11.6 Å². The van der Waals surface area contributed by atoms with Gasteiger partial charge in [-0.15, -0.1) is 0 Å². The molecule has 0 radical (unpaired) electrons. The number of hydrogen-bond acceptors (Lipinski definition) is 6. The first kappa shape index (κ1) is 22.3. The highest BCUT2D eigenvalue weighted by Crippen LogP contribution is 2.34. The third kappa shape index (κ3) is 4.58. The largest absolute Gasteiger partial charge is 0.487 e. The zero-order valence-electron chi connectivity index (χ0n) is 18.5. The topological polar surface area (TPSA) is 72.6 Å². The highest BCUT2D eigenvalue weighted by Gasteiger charge is 2.32. The summed E-state index contributed by atoms with van der Waals surface area (Å²) in [6, 6.07) is 19.7. The lowest BCUT2D eigenvalue weighted by molar-refractivity contribution is 0.131. The minimum absolute atomic E-state index is 0.125. The van der Waals surface area contributed by atoms with Gasteiger partial charge in [-0.25, -0.2) is 4.39 Å². The summed E-state index contributed by atoms with van der Waals surface area (Å²) in [5.74, 6) is 0.235. The number of aromatic nitrogens is 1. The molecule has 0 amide bonds. The van der Waals surface area contributed by atoms with Gasteiger partial charge in [0.05, 0.1) is 23.2 Å². The molecule has 1 aromatic heterocycles. The predicted octanol–water partition coefficient (Wildman–Crippen LogP) is 5.81. The quantitative estimate of drug-likeness (QED) is 0.364. The van der Waals surface area contributed by atoms with Crippen LogP contribution in [0.25, 0.3) is 10.9 Å². The van der Waals surface area contributed by atoms with Gasteiger partial charge in [0.25, 0.3) is 0 Å². The molecule has 3 aromatic carbocycles. The Bertz CT molecular complexity index is 1340. The zero-order valence-corrected chi connectivity index (χ0v) is 19.3. The molecule has 0 bridgehead atoms. The SMILES string of the molecule is CC1COC(Nc2ccc3nccc(N)c3c2)N1c1ccc(OCc2cccc(F)c2)c(Cl)c1. The first-order valence-corrected chi connectivity index (χ1v) is 11.3. The van der Waals surface area contributed by atoms with Crippen LogP contribution in [-0.4, -0.2) is 24.0 Å².